The standard InChI is InChI=1S/C15H16NO2.ClH.Hg/c1-15(2)9-8-11-13(18-15)10-6-4-5-7-12(10)16(3)14(11)17;;/h4-7H,1,8-9H2,2-3H3;1H;/q;;+1/p-1. The molecule has 0 fully saturated rings. The number of hydrogen-bond acceptors (Lipinski definition) is 2. The second kappa shape index (κ2) is 6.06. The molecule has 1 atom stereocenters. The van der Waals surface area contributed by atoms with E-state index in [-0.39, 0.29) is 45.6 Å². The summed E-state index contributed by atoms with van der Waals surface area (Å²) in [6, 6.07) is 7.83. The van der Waals surface area contributed by atoms with E-state index in [9.17, 15) is 4.79 Å². The van der Waals surface area contributed by atoms with Crippen molar-refractivity contribution in [2.45, 2.75) is 25.4 Å². The summed E-state index contributed by atoms with van der Waals surface area (Å²) in [5.74, 6) is 0.720. The maximum Gasteiger partial charge on any atom is 1.00 e. The van der Waals surface area contributed by atoms with Crippen molar-refractivity contribution >= 4 is 10.9 Å². The van der Waals surface area contributed by atoms with Gasteiger partial charge in [0.05, 0.1) is 11.1 Å². The van der Waals surface area contributed by atoms with E-state index in [1.54, 1.807) is 4.57 Å². The van der Waals surface area contributed by atoms with Crippen molar-refractivity contribution in [3.05, 3.63) is 47.1 Å². The zero-order valence-corrected chi connectivity index (χ0v) is 18.0. The van der Waals surface area contributed by atoms with Gasteiger partial charge in [-0.05, 0) is 38.8 Å². The van der Waals surface area contributed by atoms with Crippen LogP contribution in [-0.2, 0) is 41.1 Å². The van der Waals surface area contributed by atoms with Crippen LogP contribution in [0.3, 0.4) is 0 Å². The molecule has 3 rings (SSSR count). The van der Waals surface area contributed by atoms with Crippen LogP contribution in [-0.4, -0.2) is 10.2 Å². The van der Waals surface area contributed by atoms with E-state index in [0.717, 1.165) is 35.1 Å². The predicted octanol–water partition coefficient (Wildman–Crippen LogP) is -0.542. The Labute approximate surface area is 145 Å². The molecule has 0 bridgehead atoms. The summed E-state index contributed by atoms with van der Waals surface area (Å²) in [7, 11) is 1.81. The molecule has 2 heterocycles. The number of halogens is 1. The molecular formula is C15H16ClHgNO2. The summed E-state index contributed by atoms with van der Waals surface area (Å²) in [5.41, 5.74) is 1.28. The molecule has 1 aliphatic rings. The summed E-state index contributed by atoms with van der Waals surface area (Å²) in [6.07, 6.45) is 1.50. The van der Waals surface area contributed by atoms with Crippen molar-refractivity contribution in [2.75, 3.05) is 0 Å². The molecule has 0 aliphatic carbocycles. The van der Waals surface area contributed by atoms with Gasteiger partial charge in [-0.1, -0.05) is 12.1 Å². The molecule has 2 aromatic rings. The first-order valence-electron chi connectivity index (χ1n) is 6.14. The third kappa shape index (κ3) is 2.75. The molecule has 2 radical (unpaired) electrons. The average molecular weight is 478 g/mol. The molecule has 1 unspecified atom stereocenters. The van der Waals surface area contributed by atoms with Crippen LogP contribution < -0.4 is 22.7 Å². The van der Waals surface area contributed by atoms with Gasteiger partial charge in [0.2, 0.25) is 0 Å². The number of para-hydroxylation sites is 1. The van der Waals surface area contributed by atoms with Gasteiger partial charge in [-0.25, -0.2) is 0 Å². The zero-order valence-electron chi connectivity index (χ0n) is 11.8. The minimum atomic E-state index is -0.442. The van der Waals surface area contributed by atoms with Gasteiger partial charge in [0, 0.05) is 12.4 Å². The Morgan fingerprint density at radius 1 is 1.35 bits per heavy atom. The van der Waals surface area contributed by atoms with Crippen molar-refractivity contribution in [2.24, 2.45) is 7.05 Å². The average Bonchev–Trinajstić information content (AvgIpc) is 2.35. The summed E-state index contributed by atoms with van der Waals surface area (Å²) in [4.78, 5) is 12.3. The van der Waals surface area contributed by atoms with Crippen molar-refractivity contribution in [3.8, 4) is 5.75 Å². The first-order valence-corrected chi connectivity index (χ1v) is 6.14. The van der Waals surface area contributed by atoms with Crippen LogP contribution in [0.4, 0.5) is 0 Å². The van der Waals surface area contributed by atoms with Crippen LogP contribution in [0.1, 0.15) is 18.9 Å². The molecule has 0 saturated heterocycles. The maximum absolute atomic E-state index is 12.3. The fourth-order valence-corrected chi connectivity index (χ4v) is 2.55. The van der Waals surface area contributed by atoms with Gasteiger partial charge in [0.25, 0.3) is 5.56 Å². The van der Waals surface area contributed by atoms with Gasteiger partial charge in [0.15, 0.2) is 0 Å². The van der Waals surface area contributed by atoms with Crippen molar-refractivity contribution in [1.82, 2.24) is 4.57 Å². The van der Waals surface area contributed by atoms with Crippen LogP contribution in [0.15, 0.2) is 29.1 Å². The van der Waals surface area contributed by atoms with Crippen LogP contribution in [0.25, 0.3) is 10.9 Å². The van der Waals surface area contributed by atoms with E-state index in [2.05, 4.69) is 6.92 Å². The minimum Gasteiger partial charge on any atom is -1.00 e. The monoisotopic (exact) mass is 479 g/mol. The quantitative estimate of drug-likeness (QED) is 0.477. The van der Waals surface area contributed by atoms with Crippen LogP contribution in [0.2, 0.25) is 0 Å². The van der Waals surface area contributed by atoms with E-state index in [1.807, 2.05) is 38.2 Å². The smallest absolute Gasteiger partial charge is 1.00 e. The van der Waals surface area contributed by atoms with Gasteiger partial charge in [-0.3, -0.25) is 4.79 Å². The molecule has 1 aliphatic heterocycles. The van der Waals surface area contributed by atoms with Gasteiger partial charge < -0.3 is 21.7 Å². The fraction of sp³-hybridized carbons (Fsp3) is 0.333. The molecule has 1 aromatic carbocycles. The fourth-order valence-electron chi connectivity index (χ4n) is 2.55. The van der Waals surface area contributed by atoms with Gasteiger partial charge in [0.1, 0.15) is 11.4 Å². The molecule has 0 amide bonds. The Bertz CT molecular complexity index is 694. The third-order valence-electron chi connectivity index (χ3n) is 3.60. The summed E-state index contributed by atoms with van der Waals surface area (Å²) >= 11 is 0. The third-order valence-corrected chi connectivity index (χ3v) is 3.60. The molecule has 0 spiro atoms. The molecule has 102 valence electrons. The number of aromatic nitrogens is 1. The number of ether oxygens (including phenoxy) is 1. The molecular weight excluding hydrogens is 462 g/mol. The van der Waals surface area contributed by atoms with Crippen LogP contribution in [0.5, 0.6) is 5.75 Å². The topological polar surface area (TPSA) is 31.2 Å². The number of aryl methyl sites for hydroxylation is 1. The summed E-state index contributed by atoms with van der Waals surface area (Å²) in [5, 5.41) is 0.990. The Hall–Kier alpha value is -0.545. The second-order valence-electron chi connectivity index (χ2n) is 5.24. The van der Waals surface area contributed by atoms with Crippen molar-refractivity contribution in [1.29, 1.82) is 0 Å². The molecule has 1 aromatic heterocycles. The van der Waals surface area contributed by atoms with Crippen molar-refractivity contribution < 1.29 is 44.8 Å². The van der Waals surface area contributed by atoms with E-state index >= 15 is 0 Å². The molecule has 0 N–H and O–H groups in total. The van der Waals surface area contributed by atoms with E-state index in [4.69, 9.17) is 4.74 Å². The maximum atomic E-state index is 12.3. The SMILES string of the molecule is [CH2]C1(C)CCc2c(c3ccccc3n(C)c2=O)O1.[Cl-].[Hg+]. The molecule has 20 heavy (non-hydrogen) atoms. The number of nitrogens with zero attached hydrogens (tertiary/aromatic N) is 1. The summed E-state index contributed by atoms with van der Waals surface area (Å²) in [6.45, 7) is 6.02. The molecule has 0 saturated carbocycles. The predicted molar refractivity (Wildman–Crippen MR) is 71.9 cm³/mol. The van der Waals surface area contributed by atoms with Gasteiger partial charge in [-0.2, -0.15) is 0 Å². The Kier molecular flexibility index (Phi) is 5.31. The number of rotatable bonds is 0. The first-order chi connectivity index (χ1) is 8.49. The van der Waals surface area contributed by atoms with Crippen LogP contribution in [0, 0.1) is 6.92 Å². The van der Waals surface area contributed by atoms with E-state index < -0.39 is 5.60 Å². The van der Waals surface area contributed by atoms with Crippen molar-refractivity contribution in [3.63, 3.8) is 0 Å². The number of fused-ring (bicyclic) bond motifs is 3. The Balaban J connectivity index is 0.000001000. The van der Waals surface area contributed by atoms with Crippen LogP contribution >= 0.6 is 0 Å². The normalized spacial score (nSPS) is 15.6. The largest absolute Gasteiger partial charge is 1.00 e. The zero-order chi connectivity index (χ0) is 12.9. The van der Waals surface area contributed by atoms with Gasteiger partial charge >= 0.3 is 27.7 Å². The number of pyridine rings is 1. The minimum absolute atomic E-state index is 0. The molecule has 3 nitrogen and oxygen atoms in total. The Morgan fingerprint density at radius 2 is 2.00 bits per heavy atom. The molecule has 5 heteroatoms. The van der Waals surface area contributed by atoms with Gasteiger partial charge in [-0.15, -0.1) is 0 Å². The number of hydrogen-bond donors (Lipinski definition) is 0. The van der Waals surface area contributed by atoms with E-state index in [1.165, 1.54) is 0 Å². The summed E-state index contributed by atoms with van der Waals surface area (Å²) < 4.78 is 7.64. The number of benzene rings is 1. The Morgan fingerprint density at radius 3 is 2.70 bits per heavy atom. The van der Waals surface area contributed by atoms with E-state index in [0.29, 0.717) is 0 Å². The first kappa shape index (κ1) is 17.5. The second-order valence-corrected chi connectivity index (χ2v) is 5.24.